The summed E-state index contributed by atoms with van der Waals surface area (Å²) in [5, 5.41) is 6.07. The molecule has 0 bridgehead atoms. The first kappa shape index (κ1) is 19.7. The van der Waals surface area contributed by atoms with Crippen molar-refractivity contribution in [1.29, 1.82) is 0 Å². The molecule has 0 aromatic heterocycles. The van der Waals surface area contributed by atoms with Crippen LogP contribution in [0.2, 0.25) is 0 Å². The summed E-state index contributed by atoms with van der Waals surface area (Å²) in [6, 6.07) is 15.3. The minimum Gasteiger partial charge on any atom is -0.366 e. The number of nitrogens with one attached hydrogen (secondary N) is 2. The molecule has 1 atom stereocenters. The third kappa shape index (κ3) is 5.17. The van der Waals surface area contributed by atoms with Crippen molar-refractivity contribution in [2.45, 2.75) is 33.2 Å². The average Bonchev–Trinajstić information content (AvgIpc) is 2.62. The molecule has 0 fully saturated rings. The standard InChI is InChI=1S/C21H27N3O2/c1-4-15-9-11-16(12-10-15)20(14(2)3)23-13-19(25)24-18-8-6-5-7-17(18)21(22)26/h5-12,14,20,23H,4,13H2,1-3H3,(H2,22,26)(H,24,25)/t20-/m1/s1. The number of hydrogen-bond acceptors (Lipinski definition) is 3. The molecular formula is C21H27N3O2. The summed E-state index contributed by atoms with van der Waals surface area (Å²) in [6.07, 6.45) is 1.00. The monoisotopic (exact) mass is 353 g/mol. The van der Waals surface area contributed by atoms with Crippen molar-refractivity contribution in [3.05, 3.63) is 65.2 Å². The summed E-state index contributed by atoms with van der Waals surface area (Å²) in [7, 11) is 0. The van der Waals surface area contributed by atoms with E-state index in [-0.39, 0.29) is 18.5 Å². The van der Waals surface area contributed by atoms with Crippen molar-refractivity contribution in [3.8, 4) is 0 Å². The summed E-state index contributed by atoms with van der Waals surface area (Å²) in [5.41, 5.74) is 8.52. The molecule has 0 saturated heterocycles. The molecule has 5 nitrogen and oxygen atoms in total. The number of carbonyl (C=O) groups excluding carboxylic acids is 2. The molecule has 0 unspecified atom stereocenters. The highest BCUT2D eigenvalue weighted by atomic mass is 16.2. The third-order valence-corrected chi connectivity index (χ3v) is 4.36. The summed E-state index contributed by atoms with van der Waals surface area (Å²) in [5.74, 6) is -0.451. The van der Waals surface area contributed by atoms with Crippen LogP contribution in [0.1, 0.15) is 48.3 Å². The lowest BCUT2D eigenvalue weighted by molar-refractivity contribution is -0.115. The van der Waals surface area contributed by atoms with Gasteiger partial charge in [-0.3, -0.25) is 9.59 Å². The second-order valence-corrected chi connectivity index (χ2v) is 6.66. The fraction of sp³-hybridized carbons (Fsp3) is 0.333. The van der Waals surface area contributed by atoms with Gasteiger partial charge < -0.3 is 16.4 Å². The molecule has 0 heterocycles. The van der Waals surface area contributed by atoms with Gasteiger partial charge in [0.1, 0.15) is 0 Å². The molecule has 2 rings (SSSR count). The summed E-state index contributed by atoms with van der Waals surface area (Å²) < 4.78 is 0. The first-order valence-corrected chi connectivity index (χ1v) is 8.93. The van der Waals surface area contributed by atoms with Crippen LogP contribution < -0.4 is 16.4 Å². The zero-order chi connectivity index (χ0) is 19.1. The Kier molecular flexibility index (Phi) is 6.92. The lowest BCUT2D eigenvalue weighted by Gasteiger charge is -2.23. The van der Waals surface area contributed by atoms with Crippen LogP contribution in [0, 0.1) is 5.92 Å². The van der Waals surface area contributed by atoms with Gasteiger partial charge in [-0.1, -0.05) is 57.2 Å². The molecule has 0 radical (unpaired) electrons. The normalized spacial score (nSPS) is 12.0. The highest BCUT2D eigenvalue weighted by molar-refractivity contribution is 6.03. The van der Waals surface area contributed by atoms with E-state index < -0.39 is 5.91 Å². The second kappa shape index (κ2) is 9.15. The van der Waals surface area contributed by atoms with Crippen LogP contribution in [0.15, 0.2) is 48.5 Å². The van der Waals surface area contributed by atoms with Crippen LogP contribution in [-0.2, 0) is 11.2 Å². The van der Waals surface area contributed by atoms with E-state index in [4.69, 9.17) is 5.73 Å². The first-order chi connectivity index (χ1) is 12.4. The van der Waals surface area contributed by atoms with E-state index in [1.165, 1.54) is 5.56 Å². The molecular weight excluding hydrogens is 326 g/mol. The molecule has 5 heteroatoms. The van der Waals surface area contributed by atoms with Crippen molar-refractivity contribution < 1.29 is 9.59 Å². The summed E-state index contributed by atoms with van der Waals surface area (Å²) in [4.78, 5) is 23.8. The molecule has 0 aliphatic carbocycles. The molecule has 0 aliphatic rings. The van der Waals surface area contributed by atoms with E-state index in [2.05, 4.69) is 55.7 Å². The Morgan fingerprint density at radius 3 is 2.27 bits per heavy atom. The SMILES string of the molecule is CCc1ccc([C@H](NCC(=O)Nc2ccccc2C(N)=O)C(C)C)cc1. The van der Waals surface area contributed by atoms with Crippen molar-refractivity contribution in [1.82, 2.24) is 5.32 Å². The van der Waals surface area contributed by atoms with Crippen molar-refractivity contribution >= 4 is 17.5 Å². The number of aryl methyl sites for hydroxylation is 1. The number of primary amides is 1. The molecule has 0 saturated carbocycles. The van der Waals surface area contributed by atoms with E-state index in [0.717, 1.165) is 12.0 Å². The molecule has 138 valence electrons. The van der Waals surface area contributed by atoms with Gasteiger partial charge in [-0.2, -0.15) is 0 Å². The van der Waals surface area contributed by atoms with E-state index in [9.17, 15) is 9.59 Å². The molecule has 0 aliphatic heterocycles. The fourth-order valence-corrected chi connectivity index (χ4v) is 2.90. The van der Waals surface area contributed by atoms with Crippen LogP contribution in [0.3, 0.4) is 0 Å². The molecule has 2 amide bonds. The molecule has 2 aromatic carbocycles. The van der Waals surface area contributed by atoms with Gasteiger partial charge >= 0.3 is 0 Å². The van der Waals surface area contributed by atoms with Crippen LogP contribution in [0.5, 0.6) is 0 Å². The largest absolute Gasteiger partial charge is 0.366 e. The number of carbonyl (C=O) groups is 2. The van der Waals surface area contributed by atoms with Crippen molar-refractivity contribution in [2.75, 3.05) is 11.9 Å². The highest BCUT2D eigenvalue weighted by Crippen LogP contribution is 2.22. The Hall–Kier alpha value is -2.66. The Morgan fingerprint density at radius 1 is 1.04 bits per heavy atom. The lowest BCUT2D eigenvalue weighted by Crippen LogP contribution is -2.34. The van der Waals surface area contributed by atoms with Gasteiger partial charge in [-0.25, -0.2) is 0 Å². The topological polar surface area (TPSA) is 84.2 Å². The maximum atomic E-state index is 12.3. The zero-order valence-corrected chi connectivity index (χ0v) is 15.6. The van der Waals surface area contributed by atoms with Crippen LogP contribution in [0.4, 0.5) is 5.69 Å². The predicted molar refractivity (Wildman–Crippen MR) is 105 cm³/mol. The quantitative estimate of drug-likeness (QED) is 0.681. The number of anilines is 1. The Morgan fingerprint density at radius 2 is 1.69 bits per heavy atom. The Bertz CT molecular complexity index is 754. The maximum absolute atomic E-state index is 12.3. The molecule has 0 spiro atoms. The number of nitrogens with two attached hydrogens (primary N) is 1. The van der Waals surface area contributed by atoms with Gasteiger partial charge in [-0.05, 0) is 35.6 Å². The minimum absolute atomic E-state index is 0.0676. The van der Waals surface area contributed by atoms with Gasteiger partial charge in [0, 0.05) is 6.04 Å². The van der Waals surface area contributed by atoms with Gasteiger partial charge in [-0.15, -0.1) is 0 Å². The summed E-state index contributed by atoms with van der Waals surface area (Å²) in [6.45, 7) is 6.50. The second-order valence-electron chi connectivity index (χ2n) is 6.66. The van der Waals surface area contributed by atoms with E-state index in [1.807, 2.05) is 0 Å². The number of rotatable bonds is 8. The average molecular weight is 353 g/mol. The van der Waals surface area contributed by atoms with Crippen molar-refractivity contribution in [3.63, 3.8) is 0 Å². The van der Waals surface area contributed by atoms with Gasteiger partial charge in [0.15, 0.2) is 0 Å². The number of hydrogen-bond donors (Lipinski definition) is 3. The smallest absolute Gasteiger partial charge is 0.250 e. The van der Waals surface area contributed by atoms with Crippen LogP contribution >= 0.6 is 0 Å². The van der Waals surface area contributed by atoms with Gasteiger partial charge in [0.2, 0.25) is 5.91 Å². The molecule has 26 heavy (non-hydrogen) atoms. The predicted octanol–water partition coefficient (Wildman–Crippen LogP) is 3.27. The maximum Gasteiger partial charge on any atom is 0.250 e. The minimum atomic E-state index is -0.565. The van der Waals surface area contributed by atoms with E-state index in [0.29, 0.717) is 17.2 Å². The van der Waals surface area contributed by atoms with E-state index in [1.54, 1.807) is 24.3 Å². The van der Waals surface area contributed by atoms with Crippen LogP contribution in [0.25, 0.3) is 0 Å². The zero-order valence-electron chi connectivity index (χ0n) is 15.6. The highest BCUT2D eigenvalue weighted by Gasteiger charge is 2.17. The Labute approximate surface area is 155 Å². The van der Waals surface area contributed by atoms with Crippen molar-refractivity contribution in [2.24, 2.45) is 11.7 Å². The number of amides is 2. The van der Waals surface area contributed by atoms with Crippen LogP contribution in [-0.4, -0.2) is 18.4 Å². The fourth-order valence-electron chi connectivity index (χ4n) is 2.90. The summed E-state index contributed by atoms with van der Waals surface area (Å²) >= 11 is 0. The number of para-hydroxylation sites is 1. The molecule has 2 aromatic rings. The first-order valence-electron chi connectivity index (χ1n) is 8.93. The Balaban J connectivity index is 2.02. The third-order valence-electron chi connectivity index (χ3n) is 4.36. The van der Waals surface area contributed by atoms with E-state index >= 15 is 0 Å². The van der Waals surface area contributed by atoms with Gasteiger partial charge in [0.05, 0.1) is 17.8 Å². The number of benzene rings is 2. The lowest BCUT2D eigenvalue weighted by atomic mass is 9.95. The molecule has 4 N–H and O–H groups in total. The van der Waals surface area contributed by atoms with Gasteiger partial charge in [0.25, 0.3) is 5.91 Å².